The standard InChI is InChI=1S/C17H26N2O2.ClH/c1-4-9-21-16-10-12(2)5-6-15(16)19-17(20)14-7-8-18-13(3)11-14;/h5-6,10,13-14,18H,4,7-9,11H2,1-3H3,(H,19,20);1H/t13-,14-;/m0./s1. The van der Waals surface area contributed by atoms with E-state index in [-0.39, 0.29) is 24.2 Å². The number of amides is 1. The summed E-state index contributed by atoms with van der Waals surface area (Å²) in [7, 11) is 0. The van der Waals surface area contributed by atoms with Crippen LogP contribution >= 0.6 is 12.4 Å². The number of halogens is 1. The van der Waals surface area contributed by atoms with E-state index in [1.165, 1.54) is 0 Å². The maximum absolute atomic E-state index is 12.4. The number of aryl methyl sites for hydroxylation is 1. The van der Waals surface area contributed by atoms with E-state index in [1.807, 2.05) is 25.1 Å². The molecule has 2 rings (SSSR count). The quantitative estimate of drug-likeness (QED) is 0.870. The van der Waals surface area contributed by atoms with Crippen LogP contribution in [0.15, 0.2) is 18.2 Å². The number of carbonyl (C=O) groups is 1. The second-order valence-electron chi connectivity index (χ2n) is 5.91. The third-order valence-corrected chi connectivity index (χ3v) is 3.85. The van der Waals surface area contributed by atoms with Crippen molar-refractivity contribution >= 4 is 24.0 Å². The summed E-state index contributed by atoms with van der Waals surface area (Å²) >= 11 is 0. The van der Waals surface area contributed by atoms with Crippen LogP contribution in [0.3, 0.4) is 0 Å². The molecule has 2 atom stereocenters. The summed E-state index contributed by atoms with van der Waals surface area (Å²) in [5.41, 5.74) is 1.92. The van der Waals surface area contributed by atoms with Gasteiger partial charge in [0.05, 0.1) is 12.3 Å². The molecule has 1 aliphatic heterocycles. The van der Waals surface area contributed by atoms with Crippen molar-refractivity contribution in [3.05, 3.63) is 23.8 Å². The number of hydrogen-bond acceptors (Lipinski definition) is 3. The molecule has 4 nitrogen and oxygen atoms in total. The molecule has 2 N–H and O–H groups in total. The lowest BCUT2D eigenvalue weighted by Gasteiger charge is -2.27. The van der Waals surface area contributed by atoms with Crippen LogP contribution in [0.25, 0.3) is 0 Å². The lowest BCUT2D eigenvalue weighted by atomic mass is 9.92. The molecule has 124 valence electrons. The van der Waals surface area contributed by atoms with Gasteiger partial charge in [0.1, 0.15) is 5.75 Å². The molecule has 0 aromatic heterocycles. The fourth-order valence-electron chi connectivity index (χ4n) is 2.67. The molecule has 1 aromatic rings. The van der Waals surface area contributed by atoms with Crippen LogP contribution in [0.2, 0.25) is 0 Å². The fourth-order valence-corrected chi connectivity index (χ4v) is 2.67. The minimum absolute atomic E-state index is 0. The van der Waals surface area contributed by atoms with Crippen LogP contribution in [-0.4, -0.2) is 25.1 Å². The second kappa shape index (κ2) is 9.01. The Balaban J connectivity index is 0.00000242. The maximum atomic E-state index is 12.4. The Morgan fingerprint density at radius 3 is 2.91 bits per heavy atom. The highest BCUT2D eigenvalue weighted by atomic mass is 35.5. The molecule has 1 heterocycles. The number of anilines is 1. The number of carbonyl (C=O) groups excluding carboxylic acids is 1. The molecule has 0 bridgehead atoms. The van der Waals surface area contributed by atoms with E-state index in [0.717, 1.165) is 42.8 Å². The molecule has 1 amide bonds. The Hall–Kier alpha value is -1.26. The SMILES string of the molecule is CCCOc1cc(C)ccc1NC(=O)[C@H]1CCN[C@@H](C)C1.Cl. The summed E-state index contributed by atoms with van der Waals surface area (Å²) in [5.74, 6) is 0.960. The van der Waals surface area contributed by atoms with E-state index in [1.54, 1.807) is 0 Å². The Kier molecular flexibility index (Phi) is 7.69. The predicted molar refractivity (Wildman–Crippen MR) is 93.0 cm³/mol. The van der Waals surface area contributed by atoms with Gasteiger partial charge in [0.15, 0.2) is 0 Å². The summed E-state index contributed by atoms with van der Waals surface area (Å²) in [6, 6.07) is 6.32. The lowest BCUT2D eigenvalue weighted by molar-refractivity contribution is -0.120. The smallest absolute Gasteiger partial charge is 0.227 e. The number of benzene rings is 1. The highest BCUT2D eigenvalue weighted by Gasteiger charge is 2.25. The molecule has 1 aromatic carbocycles. The van der Waals surface area contributed by atoms with Gasteiger partial charge >= 0.3 is 0 Å². The number of piperidine rings is 1. The number of hydrogen-bond donors (Lipinski definition) is 2. The average molecular weight is 327 g/mol. The van der Waals surface area contributed by atoms with Gasteiger partial charge in [-0.15, -0.1) is 12.4 Å². The Bertz CT molecular complexity index is 494. The summed E-state index contributed by atoms with van der Waals surface area (Å²) in [6.45, 7) is 7.80. The largest absolute Gasteiger partial charge is 0.491 e. The molecule has 0 spiro atoms. The lowest BCUT2D eigenvalue weighted by Crippen LogP contribution is -2.40. The first kappa shape index (κ1) is 18.8. The van der Waals surface area contributed by atoms with Gasteiger partial charge in [-0.1, -0.05) is 13.0 Å². The van der Waals surface area contributed by atoms with Crippen LogP contribution in [0.4, 0.5) is 5.69 Å². The summed E-state index contributed by atoms with van der Waals surface area (Å²) in [6.07, 6.45) is 2.74. The minimum Gasteiger partial charge on any atom is -0.491 e. The summed E-state index contributed by atoms with van der Waals surface area (Å²) < 4.78 is 5.75. The van der Waals surface area contributed by atoms with Crippen LogP contribution in [0, 0.1) is 12.8 Å². The average Bonchev–Trinajstić information content (AvgIpc) is 2.47. The van der Waals surface area contributed by atoms with Crippen molar-refractivity contribution in [2.45, 2.75) is 46.1 Å². The number of nitrogens with one attached hydrogen (secondary N) is 2. The van der Waals surface area contributed by atoms with E-state index in [4.69, 9.17) is 4.74 Å². The molecule has 0 unspecified atom stereocenters. The van der Waals surface area contributed by atoms with E-state index in [9.17, 15) is 4.79 Å². The number of rotatable bonds is 5. The van der Waals surface area contributed by atoms with Crippen molar-refractivity contribution in [1.29, 1.82) is 0 Å². The zero-order valence-electron chi connectivity index (χ0n) is 13.6. The van der Waals surface area contributed by atoms with Crippen LogP contribution in [0.1, 0.15) is 38.7 Å². The van der Waals surface area contributed by atoms with Crippen molar-refractivity contribution in [1.82, 2.24) is 5.32 Å². The highest BCUT2D eigenvalue weighted by molar-refractivity contribution is 5.94. The number of ether oxygens (including phenoxy) is 1. The third-order valence-electron chi connectivity index (χ3n) is 3.85. The second-order valence-corrected chi connectivity index (χ2v) is 5.91. The Morgan fingerprint density at radius 1 is 1.45 bits per heavy atom. The van der Waals surface area contributed by atoms with Crippen LogP contribution in [-0.2, 0) is 4.79 Å². The van der Waals surface area contributed by atoms with Crippen molar-refractivity contribution in [2.75, 3.05) is 18.5 Å². The van der Waals surface area contributed by atoms with E-state index >= 15 is 0 Å². The van der Waals surface area contributed by atoms with Gasteiger partial charge < -0.3 is 15.4 Å². The van der Waals surface area contributed by atoms with E-state index in [0.29, 0.717) is 12.6 Å². The highest BCUT2D eigenvalue weighted by Crippen LogP contribution is 2.27. The van der Waals surface area contributed by atoms with Crippen molar-refractivity contribution < 1.29 is 9.53 Å². The summed E-state index contributed by atoms with van der Waals surface area (Å²) in [5, 5.41) is 6.42. The maximum Gasteiger partial charge on any atom is 0.227 e. The molecule has 1 aliphatic rings. The van der Waals surface area contributed by atoms with E-state index in [2.05, 4.69) is 24.5 Å². The molecule has 0 aliphatic carbocycles. The third kappa shape index (κ3) is 5.18. The van der Waals surface area contributed by atoms with Gasteiger partial charge in [-0.05, 0) is 57.4 Å². The van der Waals surface area contributed by atoms with Crippen LogP contribution < -0.4 is 15.4 Å². The zero-order chi connectivity index (χ0) is 15.2. The molecular formula is C17H27ClN2O2. The molecule has 1 saturated heterocycles. The normalized spacial score (nSPS) is 20.9. The van der Waals surface area contributed by atoms with Crippen molar-refractivity contribution in [3.8, 4) is 5.75 Å². The predicted octanol–water partition coefficient (Wildman–Crippen LogP) is 3.53. The van der Waals surface area contributed by atoms with Gasteiger partial charge in [0.2, 0.25) is 5.91 Å². The first-order valence-corrected chi connectivity index (χ1v) is 7.88. The first-order valence-electron chi connectivity index (χ1n) is 7.88. The first-order chi connectivity index (χ1) is 10.1. The molecule has 0 radical (unpaired) electrons. The van der Waals surface area contributed by atoms with Gasteiger partial charge in [-0.25, -0.2) is 0 Å². The van der Waals surface area contributed by atoms with E-state index < -0.39 is 0 Å². The van der Waals surface area contributed by atoms with Crippen molar-refractivity contribution in [3.63, 3.8) is 0 Å². The molecule has 0 saturated carbocycles. The monoisotopic (exact) mass is 326 g/mol. The van der Waals surface area contributed by atoms with Gasteiger partial charge in [0.25, 0.3) is 0 Å². The minimum atomic E-state index is 0. The van der Waals surface area contributed by atoms with Gasteiger partial charge in [-0.2, -0.15) is 0 Å². The van der Waals surface area contributed by atoms with Crippen molar-refractivity contribution in [2.24, 2.45) is 5.92 Å². The van der Waals surface area contributed by atoms with Gasteiger partial charge in [0, 0.05) is 12.0 Å². The summed E-state index contributed by atoms with van der Waals surface area (Å²) in [4.78, 5) is 12.4. The molecule has 5 heteroatoms. The topological polar surface area (TPSA) is 50.4 Å². The zero-order valence-corrected chi connectivity index (χ0v) is 14.5. The molecule has 1 fully saturated rings. The van der Waals surface area contributed by atoms with Crippen LogP contribution in [0.5, 0.6) is 5.75 Å². The molecular weight excluding hydrogens is 300 g/mol. The molecule has 22 heavy (non-hydrogen) atoms. The Morgan fingerprint density at radius 2 is 2.23 bits per heavy atom. The Labute approximate surface area is 139 Å². The fraction of sp³-hybridized carbons (Fsp3) is 0.588. The van der Waals surface area contributed by atoms with Gasteiger partial charge in [-0.3, -0.25) is 4.79 Å².